The zero-order chi connectivity index (χ0) is 7.72. The molecule has 1 atom stereocenters. The Bertz CT molecular complexity index is 185. The zero-order valence-corrected chi connectivity index (χ0v) is 6.72. The van der Waals surface area contributed by atoms with E-state index in [4.69, 9.17) is 5.11 Å². The van der Waals surface area contributed by atoms with Gasteiger partial charge in [-0.2, -0.15) is 0 Å². The summed E-state index contributed by atoms with van der Waals surface area (Å²) in [4.78, 5) is 22.2. The van der Waals surface area contributed by atoms with E-state index in [9.17, 15) is 9.59 Å². The van der Waals surface area contributed by atoms with Crippen LogP contribution < -0.4 is 5.32 Å². The number of nitrogens with zero attached hydrogens (tertiary/aromatic N) is 1. The van der Waals surface area contributed by atoms with Gasteiger partial charge in [0.15, 0.2) is 0 Å². The SMILES string of the molecule is CN1CC(C(=O)O)NC1=O.Cl. The van der Waals surface area contributed by atoms with Crippen LogP contribution in [0.1, 0.15) is 0 Å². The molecular formula is C5H9ClN2O3. The summed E-state index contributed by atoms with van der Waals surface area (Å²) in [7, 11) is 1.55. The Balaban J connectivity index is 0.000001000. The smallest absolute Gasteiger partial charge is 0.328 e. The van der Waals surface area contributed by atoms with Crippen LogP contribution in [-0.4, -0.2) is 41.6 Å². The summed E-state index contributed by atoms with van der Waals surface area (Å²) in [5.74, 6) is -0.988. The van der Waals surface area contributed by atoms with Crippen LogP contribution in [0.15, 0.2) is 0 Å². The summed E-state index contributed by atoms with van der Waals surface area (Å²) in [6.45, 7) is 0.244. The van der Waals surface area contributed by atoms with Gasteiger partial charge in [-0.3, -0.25) is 0 Å². The average molecular weight is 181 g/mol. The number of likely N-dealkylation sites (N-methyl/N-ethyl adjacent to an activating group) is 1. The molecule has 0 aromatic rings. The standard InChI is InChI=1S/C5H8N2O3.ClH/c1-7-2-3(4(8)9)6-5(7)10;/h3H,2H2,1H3,(H,6,10)(H,8,9);1H. The molecule has 1 fully saturated rings. The van der Waals surface area contributed by atoms with E-state index >= 15 is 0 Å². The van der Waals surface area contributed by atoms with Crippen molar-refractivity contribution in [3.05, 3.63) is 0 Å². The van der Waals surface area contributed by atoms with E-state index < -0.39 is 12.0 Å². The molecule has 0 aliphatic carbocycles. The van der Waals surface area contributed by atoms with E-state index in [1.54, 1.807) is 7.05 Å². The van der Waals surface area contributed by atoms with E-state index in [0.717, 1.165) is 0 Å². The zero-order valence-electron chi connectivity index (χ0n) is 5.90. The van der Waals surface area contributed by atoms with E-state index in [-0.39, 0.29) is 25.0 Å². The van der Waals surface area contributed by atoms with E-state index in [0.29, 0.717) is 0 Å². The summed E-state index contributed by atoms with van der Waals surface area (Å²) in [6.07, 6.45) is 0. The number of aliphatic carboxylic acids is 1. The molecule has 0 spiro atoms. The second kappa shape index (κ2) is 3.43. The van der Waals surface area contributed by atoms with Crippen molar-refractivity contribution < 1.29 is 14.7 Å². The van der Waals surface area contributed by atoms with Gasteiger partial charge >= 0.3 is 12.0 Å². The van der Waals surface area contributed by atoms with Gasteiger partial charge in [0.2, 0.25) is 0 Å². The van der Waals surface area contributed by atoms with Gasteiger partial charge in [0.1, 0.15) is 6.04 Å². The maximum atomic E-state index is 10.6. The van der Waals surface area contributed by atoms with Crippen molar-refractivity contribution >= 4 is 24.4 Å². The number of halogens is 1. The minimum absolute atomic E-state index is 0. The molecule has 5 nitrogen and oxygen atoms in total. The molecule has 1 rings (SSSR count). The number of hydrogen-bond acceptors (Lipinski definition) is 2. The number of carbonyl (C=O) groups is 2. The molecule has 0 saturated carbocycles. The third kappa shape index (κ3) is 1.98. The van der Waals surface area contributed by atoms with Crippen molar-refractivity contribution in [2.45, 2.75) is 6.04 Å². The molecule has 6 heteroatoms. The highest BCUT2D eigenvalue weighted by atomic mass is 35.5. The van der Waals surface area contributed by atoms with E-state index in [1.165, 1.54) is 4.90 Å². The van der Waals surface area contributed by atoms with E-state index in [1.807, 2.05) is 0 Å². The maximum Gasteiger partial charge on any atom is 0.328 e. The Labute approximate surface area is 69.8 Å². The number of carboxylic acid groups (broad SMARTS) is 1. The van der Waals surface area contributed by atoms with Crippen molar-refractivity contribution in [2.24, 2.45) is 0 Å². The number of amides is 2. The minimum Gasteiger partial charge on any atom is -0.480 e. The first kappa shape index (κ1) is 10.0. The summed E-state index contributed by atoms with van der Waals surface area (Å²) in [5.41, 5.74) is 0. The maximum absolute atomic E-state index is 10.6. The summed E-state index contributed by atoms with van der Waals surface area (Å²) in [5, 5.41) is 10.7. The van der Waals surface area contributed by atoms with Gasteiger partial charge in [0, 0.05) is 7.05 Å². The van der Waals surface area contributed by atoms with Crippen LogP contribution in [-0.2, 0) is 4.79 Å². The van der Waals surface area contributed by atoms with Gasteiger partial charge in [-0.05, 0) is 0 Å². The Morgan fingerprint density at radius 3 is 2.55 bits per heavy atom. The van der Waals surface area contributed by atoms with Crippen molar-refractivity contribution in [2.75, 3.05) is 13.6 Å². The lowest BCUT2D eigenvalue weighted by Gasteiger charge is -2.02. The van der Waals surface area contributed by atoms with Gasteiger partial charge in [0.05, 0.1) is 6.54 Å². The third-order valence-electron chi connectivity index (χ3n) is 1.40. The average Bonchev–Trinajstić information content (AvgIpc) is 2.13. The lowest BCUT2D eigenvalue weighted by Crippen LogP contribution is -2.33. The number of rotatable bonds is 1. The lowest BCUT2D eigenvalue weighted by atomic mass is 10.3. The fourth-order valence-corrected chi connectivity index (χ4v) is 0.801. The molecule has 1 heterocycles. The Hall–Kier alpha value is -0.970. The van der Waals surface area contributed by atoms with Gasteiger partial charge in [-0.25, -0.2) is 9.59 Å². The number of carboxylic acids is 1. The van der Waals surface area contributed by atoms with Crippen molar-refractivity contribution in [3.63, 3.8) is 0 Å². The largest absolute Gasteiger partial charge is 0.480 e. The molecule has 1 aliphatic heterocycles. The first-order valence-corrected chi connectivity index (χ1v) is 2.85. The van der Waals surface area contributed by atoms with Crippen molar-refractivity contribution in [3.8, 4) is 0 Å². The first-order chi connectivity index (χ1) is 4.61. The molecule has 1 saturated heterocycles. The van der Waals surface area contributed by atoms with Crippen LogP contribution in [0, 0.1) is 0 Å². The molecule has 1 aliphatic rings. The Morgan fingerprint density at radius 1 is 1.82 bits per heavy atom. The minimum atomic E-state index is -0.988. The predicted octanol–water partition coefficient (Wildman–Crippen LogP) is -0.484. The number of nitrogens with one attached hydrogen (secondary N) is 1. The molecule has 11 heavy (non-hydrogen) atoms. The van der Waals surface area contributed by atoms with Crippen LogP contribution in [0.2, 0.25) is 0 Å². The van der Waals surface area contributed by atoms with Crippen LogP contribution in [0.3, 0.4) is 0 Å². The highest BCUT2D eigenvalue weighted by Gasteiger charge is 2.30. The van der Waals surface area contributed by atoms with Gasteiger partial charge < -0.3 is 15.3 Å². The second-order valence-corrected chi connectivity index (χ2v) is 2.22. The van der Waals surface area contributed by atoms with Crippen LogP contribution in [0.5, 0.6) is 0 Å². The topological polar surface area (TPSA) is 69.6 Å². The fraction of sp³-hybridized carbons (Fsp3) is 0.600. The summed E-state index contributed by atoms with van der Waals surface area (Å²) in [6, 6.07) is -1.06. The number of hydrogen-bond donors (Lipinski definition) is 2. The molecule has 64 valence electrons. The van der Waals surface area contributed by atoms with Gasteiger partial charge in [-0.15, -0.1) is 12.4 Å². The molecule has 0 aromatic heterocycles. The normalized spacial score (nSPS) is 22.5. The highest BCUT2D eigenvalue weighted by molar-refractivity contribution is 5.86. The lowest BCUT2D eigenvalue weighted by molar-refractivity contribution is -0.138. The molecule has 0 bridgehead atoms. The van der Waals surface area contributed by atoms with Gasteiger partial charge in [-0.1, -0.05) is 0 Å². The monoisotopic (exact) mass is 180 g/mol. The molecule has 2 amide bonds. The van der Waals surface area contributed by atoms with Crippen molar-refractivity contribution in [1.29, 1.82) is 0 Å². The fourth-order valence-electron chi connectivity index (χ4n) is 0.801. The quantitative estimate of drug-likeness (QED) is 0.573. The molecule has 0 radical (unpaired) electrons. The molecule has 0 aromatic carbocycles. The number of urea groups is 1. The molecule has 1 unspecified atom stereocenters. The summed E-state index contributed by atoms with van der Waals surface area (Å²) >= 11 is 0. The van der Waals surface area contributed by atoms with Crippen molar-refractivity contribution in [1.82, 2.24) is 10.2 Å². The number of carbonyl (C=O) groups excluding carboxylic acids is 1. The Kier molecular flexibility index (Phi) is 3.13. The highest BCUT2D eigenvalue weighted by Crippen LogP contribution is 1.99. The van der Waals surface area contributed by atoms with Crippen LogP contribution in [0.4, 0.5) is 4.79 Å². The van der Waals surface area contributed by atoms with E-state index in [2.05, 4.69) is 5.32 Å². The second-order valence-electron chi connectivity index (χ2n) is 2.22. The van der Waals surface area contributed by atoms with Crippen LogP contribution in [0.25, 0.3) is 0 Å². The van der Waals surface area contributed by atoms with Gasteiger partial charge in [0.25, 0.3) is 0 Å². The molecular weight excluding hydrogens is 172 g/mol. The van der Waals surface area contributed by atoms with Crippen LogP contribution >= 0.6 is 12.4 Å². The Morgan fingerprint density at radius 2 is 2.36 bits per heavy atom. The predicted molar refractivity (Wildman–Crippen MR) is 39.8 cm³/mol. The molecule has 2 N–H and O–H groups in total. The first-order valence-electron chi connectivity index (χ1n) is 2.85. The summed E-state index contributed by atoms with van der Waals surface area (Å²) < 4.78 is 0. The third-order valence-corrected chi connectivity index (χ3v) is 1.40.